The summed E-state index contributed by atoms with van der Waals surface area (Å²) < 4.78 is 36.6. The molecule has 0 atom stereocenters. The van der Waals surface area contributed by atoms with Gasteiger partial charge in [-0.15, -0.1) is 0 Å². The largest absolute Gasteiger partial charge is 0.457 e. The fourth-order valence-corrected chi connectivity index (χ4v) is 10.8. The summed E-state index contributed by atoms with van der Waals surface area (Å²) in [5.41, 5.74) is 69.8. The molecule has 0 unspecified atom stereocenters. The van der Waals surface area contributed by atoms with Crippen LogP contribution in [0.15, 0.2) is 285 Å². The van der Waals surface area contributed by atoms with E-state index in [-0.39, 0.29) is 0 Å². The number of benzene rings is 12. The molecular weight excluding hydrogens is 1640 g/mol. The zero-order chi connectivity index (χ0) is 102. The van der Waals surface area contributed by atoms with Crippen molar-refractivity contribution in [2.75, 3.05) is 69.6 Å². The molecule has 15 nitrogen and oxygen atoms in total. The van der Waals surface area contributed by atoms with Gasteiger partial charge >= 0.3 is 15.6 Å². The Morgan fingerprint density at radius 2 is 0.331 bits per heavy atom. The maximum Gasteiger partial charge on any atom is 0.415 e. The smallest absolute Gasteiger partial charge is 0.415 e. The molecule has 0 aliphatic heterocycles. The van der Waals surface area contributed by atoms with Crippen LogP contribution in [0.4, 0.5) is 34.1 Å². The van der Waals surface area contributed by atoms with Crippen LogP contribution in [0.5, 0.6) is 23.0 Å². The highest BCUT2D eigenvalue weighted by molar-refractivity contribution is 7.61. The van der Waals surface area contributed by atoms with Crippen LogP contribution in [-0.2, 0) is 9.13 Å². The van der Waals surface area contributed by atoms with Gasteiger partial charge in [0.15, 0.2) is 21.2 Å². The third kappa shape index (κ3) is 77.3. The minimum atomic E-state index is -1.72. The Morgan fingerprint density at radius 3 is 0.508 bits per heavy atom. The summed E-state index contributed by atoms with van der Waals surface area (Å²) in [7, 11) is 4.23. The number of hydrogen-bond acceptors (Lipinski definition) is 15. The first-order valence-electron chi connectivity index (χ1n) is 46.6. The maximum atomic E-state index is 12.9. The van der Waals surface area contributed by atoms with Crippen molar-refractivity contribution in [1.29, 1.82) is 0 Å². The number of ether oxygens (including phenoxy) is 2. The average Bonchev–Trinajstić information content (AvgIpc) is 0.806. The summed E-state index contributed by atoms with van der Waals surface area (Å²) in [6, 6.07) is 89.9. The zero-order valence-corrected chi connectivity index (χ0v) is 89.1. The van der Waals surface area contributed by atoms with Crippen LogP contribution in [0, 0.1) is 34.6 Å². The van der Waals surface area contributed by atoms with E-state index in [1.165, 1.54) is 156 Å². The van der Waals surface area contributed by atoms with E-state index in [2.05, 4.69) is 313 Å². The molecule has 0 spiro atoms. The lowest BCUT2D eigenvalue weighted by atomic mass is 9.93. The molecule has 0 radical (unpaired) electrons. The second kappa shape index (κ2) is 105. The summed E-state index contributed by atoms with van der Waals surface area (Å²) in [6.07, 6.45) is 13.8. The molecule has 130 heavy (non-hydrogen) atoms. The van der Waals surface area contributed by atoms with Gasteiger partial charge in [0.25, 0.3) is 0 Å². The Balaban J connectivity index is -0.000000158. The van der Waals surface area contributed by atoms with E-state index in [1.807, 2.05) is 66.7 Å². The highest BCUT2D eigenvalue weighted by atomic mass is 31.1. The monoisotopic (exact) mass is 1820 g/mol. The molecule has 726 valence electrons. The lowest BCUT2D eigenvalue weighted by molar-refractivity contribution is 0.482. The molecule has 12 aromatic carbocycles. The van der Waals surface area contributed by atoms with Crippen LogP contribution >= 0.6 is 15.6 Å². The molecule has 0 aliphatic rings. The lowest BCUT2D eigenvalue weighted by Gasteiger charge is -2.15. The van der Waals surface area contributed by atoms with Crippen molar-refractivity contribution in [3.8, 4) is 34.1 Å². The Bertz CT molecular complexity index is 3930. The first-order chi connectivity index (χ1) is 62.6. The van der Waals surface area contributed by atoms with Gasteiger partial charge in [0, 0.05) is 34.1 Å². The fraction of sp³-hybridized carbons (Fsp3) is 0.381. The van der Waals surface area contributed by atoms with E-state index in [0.29, 0.717) is 45.7 Å². The Hall–Kier alpha value is -10.7. The molecule has 12 rings (SSSR count). The number of nitrogen functional groups attached to an aromatic ring is 6. The molecule has 22 N–H and O–H groups in total. The van der Waals surface area contributed by atoms with Crippen molar-refractivity contribution >= 4 is 81.7 Å². The first-order valence-corrected chi connectivity index (χ1v) is 49.1. The summed E-state index contributed by atoms with van der Waals surface area (Å²) >= 11 is 0. The topological polar surface area (TPSA) is 339 Å². The molecule has 0 fully saturated rings. The van der Waals surface area contributed by atoms with Crippen molar-refractivity contribution in [3.63, 3.8) is 0 Å². The van der Waals surface area contributed by atoms with E-state index in [0.717, 1.165) is 32.6 Å². The van der Waals surface area contributed by atoms with Crippen LogP contribution in [0.2, 0.25) is 0 Å². The summed E-state index contributed by atoms with van der Waals surface area (Å²) in [5.74, 6) is 2.72. The highest BCUT2D eigenvalue weighted by Gasteiger charge is 2.24. The van der Waals surface area contributed by atoms with E-state index in [4.69, 9.17) is 43.9 Å². The van der Waals surface area contributed by atoms with Gasteiger partial charge in [0.2, 0.25) is 0 Å². The molecule has 12 aromatic rings. The predicted molar refractivity (Wildman–Crippen MR) is 598 cm³/mol. The van der Waals surface area contributed by atoms with Crippen LogP contribution in [0.3, 0.4) is 0 Å². The number of fused-ring (bicyclic) bond motifs is 1. The lowest BCUT2D eigenvalue weighted by Crippen LogP contribution is -2.06. The molecular formula is C113H187N11O4P2+2. The molecule has 0 saturated carbocycles. The van der Waals surface area contributed by atoms with E-state index in [1.54, 1.807) is 121 Å². The normalized spacial score (nSPS) is 8.47. The average molecular weight is 1830 g/mol. The van der Waals surface area contributed by atoms with Gasteiger partial charge in [0.1, 0.15) is 23.0 Å². The number of hydrogen-bond donors (Lipinski definition) is 11. The molecule has 0 amide bonds. The minimum absolute atomic E-state index is 0.666. The second-order valence-corrected chi connectivity index (χ2v) is 31.2. The minimum Gasteiger partial charge on any atom is -0.457 e. The molecule has 0 heterocycles. The Morgan fingerprint density at radius 1 is 0.192 bits per heavy atom. The Kier molecular flexibility index (Phi) is 113. The standard InChI is InChI=1S/C24H20N2O3P.C12H12N2OP.C12H10.C11H17N.C10H8.C6H7N.11C3H8.5CH5N/c25-17-1-5-19(6-2-17)28-21-9-13-23(14-10-21)30(27)24-15-11-22(12-16-24)29-20-7-3-18(26)4-8-20;13-9-1-5-11(6-2-9)16(15)12-7-3-10(14)4-8-12;1-3-7-11(8-4-1)12-9-5-2-6-10-12;1-6-7(2)9(4)11(12)10(5)8(6)3;1-2-6-10-8-4-3-7-9(10)5-1;7-6-4-2-1-3-5-6;11*1-3-2;5*1-2/h1-16H,25-26H2;1-8H,13-14H2;1-10H;12H2,1-5H3;1-8H;1-5H,7H2;11*3H2,1-2H3;5*2H2,1H3/q2*+1;;;;;;;;;;;;;;;;;;;;. The van der Waals surface area contributed by atoms with Crippen molar-refractivity contribution in [2.45, 2.75) is 258 Å². The van der Waals surface area contributed by atoms with Gasteiger partial charge < -0.3 is 72.5 Å². The van der Waals surface area contributed by atoms with Crippen LogP contribution in [-0.4, -0.2) is 35.2 Å². The molecule has 0 bridgehead atoms. The van der Waals surface area contributed by atoms with Gasteiger partial charge in [-0.2, -0.15) is 0 Å². The maximum absolute atomic E-state index is 12.9. The molecule has 0 saturated heterocycles. The summed E-state index contributed by atoms with van der Waals surface area (Å²) in [5, 5.41) is 5.61. The number of anilines is 6. The van der Waals surface area contributed by atoms with Gasteiger partial charge in [-0.3, -0.25) is 0 Å². The quantitative estimate of drug-likeness (QED) is 0.0473. The van der Waals surface area contributed by atoms with E-state index < -0.39 is 15.6 Å². The summed E-state index contributed by atoms with van der Waals surface area (Å²) in [4.78, 5) is 0. The second-order valence-electron chi connectivity index (χ2n) is 27.9. The third-order valence-electron chi connectivity index (χ3n) is 14.0. The SMILES string of the molecule is CCC.CCC.CCC.CCC.CCC.CCC.CCC.CCC.CCC.CCC.CCC.CN.CN.CN.CN.CN.Cc1c(C)c(C)c(N)c(C)c1C.Nc1ccc(Oc2ccc([P+](=O)c3ccc(Oc4ccc(N)cc4)cc3)cc2)cc1.Nc1ccc([P+](=O)c2ccc(N)cc2)cc1.Nc1ccccc1.c1ccc(-c2ccccc2)cc1.c1ccc2ccccc2c1. The molecule has 0 aliphatic carbocycles. The van der Waals surface area contributed by atoms with Crippen molar-refractivity contribution in [3.05, 3.63) is 313 Å². The molecule has 17 heteroatoms. The third-order valence-corrected chi connectivity index (χ3v) is 17.1. The fourth-order valence-electron chi connectivity index (χ4n) is 8.54. The number of para-hydroxylation sites is 1. The van der Waals surface area contributed by atoms with Gasteiger partial charge in [0.05, 0.1) is 0 Å². The summed E-state index contributed by atoms with van der Waals surface area (Å²) in [6.45, 7) is 57.3. The van der Waals surface area contributed by atoms with E-state index in [9.17, 15) is 9.13 Å². The number of nitrogens with two attached hydrogens (primary N) is 11. The van der Waals surface area contributed by atoms with Gasteiger partial charge in [-0.05, 0) is 277 Å². The highest BCUT2D eigenvalue weighted by Crippen LogP contribution is 2.30. The Labute approximate surface area is 798 Å². The van der Waals surface area contributed by atoms with Crippen LogP contribution < -0.4 is 93.8 Å². The van der Waals surface area contributed by atoms with E-state index >= 15 is 0 Å². The number of rotatable bonds is 9. The van der Waals surface area contributed by atoms with Crippen LogP contribution in [0.25, 0.3) is 21.9 Å². The molecule has 0 aromatic heterocycles. The van der Waals surface area contributed by atoms with Crippen molar-refractivity contribution in [2.24, 2.45) is 28.7 Å². The van der Waals surface area contributed by atoms with Crippen molar-refractivity contribution < 1.29 is 18.6 Å². The van der Waals surface area contributed by atoms with Crippen LogP contribution in [0.1, 0.15) is 251 Å². The van der Waals surface area contributed by atoms with Crippen molar-refractivity contribution in [1.82, 2.24) is 0 Å². The first kappa shape index (κ1) is 140. The van der Waals surface area contributed by atoms with Gasteiger partial charge in [-0.25, -0.2) is 0 Å². The predicted octanol–water partition coefficient (Wildman–Crippen LogP) is 30.6. The van der Waals surface area contributed by atoms with Gasteiger partial charge in [-0.1, -0.05) is 359 Å². The zero-order valence-electron chi connectivity index (χ0n) is 87.3.